The van der Waals surface area contributed by atoms with Crippen LogP contribution in [0.25, 0.3) is 20.8 Å². The number of rotatable bonds is 5. The normalized spacial score (nSPS) is 11.5. The third kappa shape index (κ3) is 5.19. The van der Waals surface area contributed by atoms with Crippen molar-refractivity contribution < 1.29 is 9.53 Å². The van der Waals surface area contributed by atoms with Crippen molar-refractivity contribution in [2.45, 2.75) is 33.1 Å². The van der Waals surface area contributed by atoms with Gasteiger partial charge in [-0.1, -0.05) is 32.9 Å². The summed E-state index contributed by atoms with van der Waals surface area (Å²) < 4.78 is 7.73. The van der Waals surface area contributed by atoms with Gasteiger partial charge in [0.2, 0.25) is 0 Å². The third-order valence-corrected chi connectivity index (χ3v) is 6.80. The van der Waals surface area contributed by atoms with Crippen molar-refractivity contribution >= 4 is 49.1 Å². The summed E-state index contributed by atoms with van der Waals surface area (Å²) in [5.74, 6) is 0.439. The monoisotopic (exact) mass is 508 g/mol. The molecule has 0 unspecified atom stereocenters. The summed E-state index contributed by atoms with van der Waals surface area (Å²) in [4.78, 5) is 17.1. The minimum absolute atomic E-state index is 0.0505. The zero-order chi connectivity index (χ0) is 22.9. The molecule has 0 aliphatic carbocycles. The van der Waals surface area contributed by atoms with E-state index in [0.717, 1.165) is 26.2 Å². The van der Waals surface area contributed by atoms with Crippen molar-refractivity contribution in [1.29, 1.82) is 0 Å². The van der Waals surface area contributed by atoms with Gasteiger partial charge in [-0.2, -0.15) is 0 Å². The quantitative estimate of drug-likeness (QED) is 0.306. The van der Waals surface area contributed by atoms with Gasteiger partial charge in [-0.15, -0.1) is 11.3 Å². The molecular weight excluding hydrogens is 484 g/mol. The molecule has 164 valence electrons. The first kappa shape index (κ1) is 22.5. The molecule has 0 spiro atoms. The summed E-state index contributed by atoms with van der Waals surface area (Å²) in [6.07, 6.45) is 0. The van der Waals surface area contributed by atoms with Gasteiger partial charge in [0.05, 0.1) is 14.7 Å². The lowest BCUT2D eigenvalue weighted by atomic mass is 9.87. The summed E-state index contributed by atoms with van der Waals surface area (Å²) in [6, 6.07) is 20.0. The molecule has 1 N–H and O–H groups in total. The molecule has 0 saturated heterocycles. The lowest BCUT2D eigenvalue weighted by Gasteiger charge is -2.20. The van der Waals surface area contributed by atoms with Crippen LogP contribution >= 0.6 is 27.3 Å². The smallest absolute Gasteiger partial charge is 0.262 e. The Labute approximate surface area is 200 Å². The van der Waals surface area contributed by atoms with E-state index in [0.29, 0.717) is 5.75 Å². The number of carbonyl (C=O) groups excluding carboxylic acids is 1. The second-order valence-corrected chi connectivity index (χ2v) is 10.7. The SMILES string of the molecule is Cc1ccc2nc(-c3ccc(NC(=O)COc4ccc(C(C)(C)C)cc4Br)cc3)sc2c1. The van der Waals surface area contributed by atoms with E-state index in [1.807, 2.05) is 48.5 Å². The first-order chi connectivity index (χ1) is 15.2. The Kier molecular flexibility index (Phi) is 6.35. The summed E-state index contributed by atoms with van der Waals surface area (Å²) in [5.41, 5.74) is 5.23. The molecule has 1 aromatic heterocycles. The van der Waals surface area contributed by atoms with Gasteiger partial charge in [0.25, 0.3) is 5.91 Å². The van der Waals surface area contributed by atoms with E-state index in [1.165, 1.54) is 15.8 Å². The predicted molar refractivity (Wildman–Crippen MR) is 137 cm³/mol. The summed E-state index contributed by atoms with van der Waals surface area (Å²) >= 11 is 5.21. The largest absolute Gasteiger partial charge is 0.483 e. The number of fused-ring (bicyclic) bond motifs is 1. The van der Waals surface area contributed by atoms with Crippen LogP contribution in [0, 0.1) is 6.92 Å². The van der Waals surface area contributed by atoms with E-state index < -0.39 is 0 Å². The van der Waals surface area contributed by atoms with Crippen LogP contribution in [-0.4, -0.2) is 17.5 Å². The number of thiazole rings is 1. The molecule has 32 heavy (non-hydrogen) atoms. The first-order valence-electron chi connectivity index (χ1n) is 10.4. The van der Waals surface area contributed by atoms with Gasteiger partial charge in [0.1, 0.15) is 10.8 Å². The number of aryl methyl sites for hydroxylation is 1. The third-order valence-electron chi connectivity index (χ3n) is 5.12. The van der Waals surface area contributed by atoms with E-state index in [9.17, 15) is 4.79 Å². The minimum atomic E-state index is -0.208. The fourth-order valence-electron chi connectivity index (χ4n) is 3.28. The van der Waals surface area contributed by atoms with Gasteiger partial charge >= 0.3 is 0 Å². The van der Waals surface area contributed by atoms with Crippen LogP contribution in [0.1, 0.15) is 31.9 Å². The van der Waals surface area contributed by atoms with Gasteiger partial charge in [-0.3, -0.25) is 4.79 Å². The predicted octanol–water partition coefficient (Wildman–Crippen LogP) is 7.35. The average Bonchev–Trinajstić information content (AvgIpc) is 3.16. The average molecular weight is 509 g/mol. The van der Waals surface area contributed by atoms with Crippen LogP contribution < -0.4 is 10.1 Å². The Morgan fingerprint density at radius 1 is 1.06 bits per heavy atom. The van der Waals surface area contributed by atoms with Crippen molar-refractivity contribution in [2.75, 3.05) is 11.9 Å². The van der Waals surface area contributed by atoms with Gasteiger partial charge in [0.15, 0.2) is 6.61 Å². The Morgan fingerprint density at radius 2 is 1.81 bits per heavy atom. The van der Waals surface area contributed by atoms with Crippen molar-refractivity contribution in [3.8, 4) is 16.3 Å². The van der Waals surface area contributed by atoms with E-state index in [-0.39, 0.29) is 17.9 Å². The Balaban J connectivity index is 1.37. The number of anilines is 1. The maximum atomic E-state index is 12.4. The van der Waals surface area contributed by atoms with Crippen molar-refractivity contribution in [1.82, 2.24) is 4.98 Å². The number of aromatic nitrogens is 1. The number of hydrogen-bond donors (Lipinski definition) is 1. The van der Waals surface area contributed by atoms with Gasteiger partial charge in [-0.25, -0.2) is 4.98 Å². The van der Waals surface area contributed by atoms with Gasteiger partial charge in [-0.05, 0) is 87.9 Å². The number of carbonyl (C=O) groups is 1. The zero-order valence-electron chi connectivity index (χ0n) is 18.5. The highest BCUT2D eigenvalue weighted by atomic mass is 79.9. The Hall–Kier alpha value is -2.70. The topological polar surface area (TPSA) is 51.2 Å². The first-order valence-corrected chi connectivity index (χ1v) is 12.0. The molecule has 4 rings (SSSR count). The van der Waals surface area contributed by atoms with Crippen molar-refractivity contribution in [3.63, 3.8) is 0 Å². The molecule has 0 bridgehead atoms. The van der Waals surface area contributed by atoms with E-state index in [2.05, 4.69) is 61.1 Å². The highest BCUT2D eigenvalue weighted by molar-refractivity contribution is 9.10. The highest BCUT2D eigenvalue weighted by Gasteiger charge is 2.16. The molecule has 0 fully saturated rings. The summed E-state index contributed by atoms with van der Waals surface area (Å²) in [5, 5.41) is 3.85. The molecule has 4 aromatic rings. The molecule has 4 nitrogen and oxygen atoms in total. The number of halogens is 1. The summed E-state index contributed by atoms with van der Waals surface area (Å²) in [6.45, 7) is 8.50. The number of nitrogens with zero attached hydrogens (tertiary/aromatic N) is 1. The van der Waals surface area contributed by atoms with Crippen LogP contribution in [0.5, 0.6) is 5.75 Å². The van der Waals surface area contributed by atoms with Crippen molar-refractivity contribution in [2.24, 2.45) is 0 Å². The van der Waals surface area contributed by atoms with Crippen LogP contribution in [-0.2, 0) is 10.2 Å². The number of hydrogen-bond acceptors (Lipinski definition) is 4. The van der Waals surface area contributed by atoms with E-state index >= 15 is 0 Å². The standard InChI is InChI=1S/C26H25BrN2O2S/c1-16-5-11-21-23(13-16)32-25(29-21)17-6-9-19(10-7-17)28-24(30)15-31-22-12-8-18(14-20(22)27)26(2,3)4/h5-14H,15H2,1-4H3,(H,28,30). The fourth-order valence-corrected chi connectivity index (χ4v) is 4.84. The maximum absolute atomic E-state index is 12.4. The molecule has 1 amide bonds. The van der Waals surface area contributed by atoms with Gasteiger partial charge in [0, 0.05) is 11.3 Å². The molecule has 0 radical (unpaired) electrons. The maximum Gasteiger partial charge on any atom is 0.262 e. The molecular formula is C26H25BrN2O2S. The lowest BCUT2D eigenvalue weighted by molar-refractivity contribution is -0.118. The van der Waals surface area contributed by atoms with Gasteiger partial charge < -0.3 is 10.1 Å². The molecule has 0 aliphatic heterocycles. The summed E-state index contributed by atoms with van der Waals surface area (Å²) in [7, 11) is 0. The molecule has 3 aromatic carbocycles. The molecule has 0 atom stereocenters. The Morgan fingerprint density at radius 3 is 2.50 bits per heavy atom. The lowest BCUT2D eigenvalue weighted by Crippen LogP contribution is -2.20. The molecule has 6 heteroatoms. The second-order valence-electron chi connectivity index (χ2n) is 8.80. The number of benzene rings is 3. The second kappa shape index (κ2) is 9.04. The molecule has 0 aliphatic rings. The number of ether oxygens (including phenoxy) is 1. The minimum Gasteiger partial charge on any atom is -0.483 e. The molecule has 1 heterocycles. The zero-order valence-corrected chi connectivity index (χ0v) is 20.9. The van der Waals surface area contributed by atoms with E-state index in [1.54, 1.807) is 11.3 Å². The van der Waals surface area contributed by atoms with Crippen LogP contribution in [0.4, 0.5) is 5.69 Å². The number of amides is 1. The van der Waals surface area contributed by atoms with Crippen LogP contribution in [0.15, 0.2) is 65.1 Å². The molecule has 0 saturated carbocycles. The Bertz CT molecular complexity index is 1270. The van der Waals surface area contributed by atoms with Crippen molar-refractivity contribution in [3.05, 3.63) is 76.3 Å². The van der Waals surface area contributed by atoms with Crippen LogP contribution in [0.3, 0.4) is 0 Å². The van der Waals surface area contributed by atoms with E-state index in [4.69, 9.17) is 9.72 Å². The highest BCUT2D eigenvalue weighted by Crippen LogP contribution is 2.32. The number of nitrogens with one attached hydrogen (secondary N) is 1. The van der Waals surface area contributed by atoms with Crippen LogP contribution in [0.2, 0.25) is 0 Å². The fraction of sp³-hybridized carbons (Fsp3) is 0.231.